The van der Waals surface area contributed by atoms with Gasteiger partial charge in [0.05, 0.1) is 11.6 Å². The van der Waals surface area contributed by atoms with Crippen molar-refractivity contribution in [2.75, 3.05) is 49.8 Å². The lowest BCUT2D eigenvalue weighted by Crippen LogP contribution is -2.47. The largest absolute Gasteiger partial charge is 0.507 e. The lowest BCUT2D eigenvalue weighted by molar-refractivity contribution is -0.123. The Bertz CT molecular complexity index is 1420. The van der Waals surface area contributed by atoms with Crippen molar-refractivity contribution in [3.8, 4) is 22.6 Å². The Morgan fingerprint density at radius 2 is 1.95 bits per heavy atom. The number of nitrogens with one attached hydrogen (secondary N) is 1. The van der Waals surface area contributed by atoms with Crippen molar-refractivity contribution in [2.45, 2.75) is 37.6 Å². The van der Waals surface area contributed by atoms with Crippen molar-refractivity contribution < 1.29 is 24.2 Å². The summed E-state index contributed by atoms with van der Waals surface area (Å²) in [6.07, 6.45) is 3.48. The molecular weight excluding hydrogens is 518 g/mol. The van der Waals surface area contributed by atoms with Gasteiger partial charge >= 0.3 is 0 Å². The van der Waals surface area contributed by atoms with Crippen LogP contribution in [0, 0.1) is 5.92 Å². The number of rotatable bonds is 9. The van der Waals surface area contributed by atoms with E-state index in [1.807, 2.05) is 53.4 Å². The number of aromatic hydroxyl groups is 1. The van der Waals surface area contributed by atoms with Gasteiger partial charge in [-0.25, -0.2) is 0 Å². The Labute approximate surface area is 240 Å². The second kappa shape index (κ2) is 11.9. The Hall–Kier alpha value is -3.88. The second-order valence-electron chi connectivity index (χ2n) is 11.1. The molecule has 0 unspecified atom stereocenters. The van der Waals surface area contributed by atoms with E-state index in [1.54, 1.807) is 18.1 Å². The molecule has 6 rings (SSSR count). The molecule has 0 spiro atoms. The van der Waals surface area contributed by atoms with Crippen molar-refractivity contribution in [3.05, 3.63) is 72.3 Å². The number of nitrogens with zero attached hydrogens (tertiary/aromatic N) is 2. The first-order valence-electron chi connectivity index (χ1n) is 14.5. The third-order valence-corrected chi connectivity index (χ3v) is 8.37. The number of piperidine rings is 1. The predicted octanol–water partition coefficient (Wildman–Crippen LogP) is 4.71. The molecular formula is C33H37N3O5. The van der Waals surface area contributed by atoms with E-state index in [-0.39, 0.29) is 42.0 Å². The molecule has 2 N–H and O–H groups in total. The van der Waals surface area contributed by atoms with Crippen LogP contribution in [0.4, 0.5) is 11.4 Å². The molecule has 2 atom stereocenters. The second-order valence-corrected chi connectivity index (χ2v) is 11.1. The van der Waals surface area contributed by atoms with E-state index in [0.717, 1.165) is 48.2 Å². The maximum Gasteiger partial charge on any atom is 0.265 e. The van der Waals surface area contributed by atoms with Gasteiger partial charge in [-0.2, -0.15) is 0 Å². The fourth-order valence-electron chi connectivity index (χ4n) is 6.15. The number of carbonyl (C=O) groups excluding carboxylic acids is 2. The van der Waals surface area contributed by atoms with Gasteiger partial charge in [-0.1, -0.05) is 42.5 Å². The van der Waals surface area contributed by atoms with Crippen molar-refractivity contribution in [1.82, 2.24) is 5.32 Å². The Morgan fingerprint density at radius 1 is 1.10 bits per heavy atom. The summed E-state index contributed by atoms with van der Waals surface area (Å²) in [7, 11) is 1.65. The highest BCUT2D eigenvalue weighted by Crippen LogP contribution is 2.42. The van der Waals surface area contributed by atoms with Crippen LogP contribution in [0.2, 0.25) is 0 Å². The first-order chi connectivity index (χ1) is 20.0. The van der Waals surface area contributed by atoms with Gasteiger partial charge in [0.15, 0.2) is 6.61 Å². The van der Waals surface area contributed by atoms with Gasteiger partial charge in [0.1, 0.15) is 11.5 Å². The Kier molecular flexibility index (Phi) is 7.94. The number of benzene rings is 3. The van der Waals surface area contributed by atoms with E-state index < -0.39 is 0 Å². The number of hydrogen-bond donors (Lipinski definition) is 2. The number of phenolic OH excluding ortho intramolecular Hbond substituents is 1. The summed E-state index contributed by atoms with van der Waals surface area (Å²) in [4.78, 5) is 30.9. The van der Waals surface area contributed by atoms with Crippen LogP contribution in [0.15, 0.2) is 66.7 Å². The van der Waals surface area contributed by atoms with Crippen LogP contribution >= 0.6 is 0 Å². The molecule has 0 aromatic heterocycles. The fraction of sp³-hybridized carbons (Fsp3) is 0.394. The Balaban J connectivity index is 1.30. The molecule has 2 heterocycles. The summed E-state index contributed by atoms with van der Waals surface area (Å²) in [5.74, 6) is 0.725. The van der Waals surface area contributed by atoms with Crippen LogP contribution in [-0.2, 0) is 14.3 Å². The molecule has 8 heteroatoms. The maximum atomic E-state index is 14.4. The number of hydrogen-bond acceptors (Lipinski definition) is 6. The third kappa shape index (κ3) is 5.67. The van der Waals surface area contributed by atoms with Crippen LogP contribution < -0.4 is 19.9 Å². The van der Waals surface area contributed by atoms with Gasteiger partial charge in [-0.15, -0.1) is 0 Å². The lowest BCUT2D eigenvalue weighted by atomic mass is 9.79. The summed E-state index contributed by atoms with van der Waals surface area (Å²) >= 11 is 0. The van der Waals surface area contributed by atoms with Crippen LogP contribution in [0.3, 0.4) is 0 Å². The molecule has 3 aromatic rings. The van der Waals surface area contributed by atoms with E-state index in [2.05, 4.69) is 17.4 Å². The van der Waals surface area contributed by atoms with Crippen LogP contribution in [-0.4, -0.2) is 62.9 Å². The zero-order chi connectivity index (χ0) is 28.3. The van der Waals surface area contributed by atoms with E-state index in [9.17, 15) is 14.7 Å². The van der Waals surface area contributed by atoms with Gasteiger partial charge in [0, 0.05) is 44.1 Å². The number of phenols is 1. The summed E-state index contributed by atoms with van der Waals surface area (Å²) in [5.41, 5.74) is 4.35. The molecule has 2 aliphatic heterocycles. The summed E-state index contributed by atoms with van der Waals surface area (Å²) < 4.78 is 10.9. The SMILES string of the molecule is COCCCN1C(=O)COc2ccc(N(C(=O)[C@H]3CNCC[C@@H]3c3cccc(-c4ccccc4O)c3)C3CC3)cc21. The molecule has 1 saturated carbocycles. The highest BCUT2D eigenvalue weighted by molar-refractivity contribution is 6.01. The van der Waals surface area contributed by atoms with E-state index >= 15 is 0 Å². The number of methoxy groups -OCH3 is 1. The van der Waals surface area contributed by atoms with Gasteiger partial charge in [0.2, 0.25) is 5.91 Å². The maximum absolute atomic E-state index is 14.4. The minimum absolute atomic E-state index is 0.0137. The molecule has 0 bridgehead atoms. The normalized spacial score (nSPS) is 20.3. The van der Waals surface area contributed by atoms with E-state index in [0.29, 0.717) is 37.6 Å². The quantitative estimate of drug-likeness (QED) is 0.372. The molecule has 8 nitrogen and oxygen atoms in total. The van der Waals surface area contributed by atoms with Crippen molar-refractivity contribution in [3.63, 3.8) is 0 Å². The van der Waals surface area contributed by atoms with Crippen molar-refractivity contribution in [2.24, 2.45) is 5.92 Å². The number of carbonyl (C=O) groups is 2. The highest BCUT2D eigenvalue weighted by atomic mass is 16.5. The molecule has 214 valence electrons. The molecule has 3 aromatic carbocycles. The minimum Gasteiger partial charge on any atom is -0.507 e. The number of ether oxygens (including phenoxy) is 2. The Morgan fingerprint density at radius 3 is 2.76 bits per heavy atom. The van der Waals surface area contributed by atoms with Gasteiger partial charge < -0.3 is 29.7 Å². The summed E-state index contributed by atoms with van der Waals surface area (Å²) in [5, 5.41) is 13.9. The topological polar surface area (TPSA) is 91.3 Å². The first kappa shape index (κ1) is 27.3. The van der Waals surface area contributed by atoms with Crippen LogP contribution in [0.5, 0.6) is 11.5 Å². The molecule has 2 amide bonds. The molecule has 1 saturated heterocycles. The van der Waals surface area contributed by atoms with Crippen LogP contribution in [0.25, 0.3) is 11.1 Å². The molecule has 0 radical (unpaired) electrons. The van der Waals surface area contributed by atoms with E-state index in [4.69, 9.17) is 9.47 Å². The zero-order valence-corrected chi connectivity index (χ0v) is 23.4. The highest BCUT2D eigenvalue weighted by Gasteiger charge is 2.41. The van der Waals surface area contributed by atoms with E-state index in [1.165, 1.54) is 0 Å². The molecule has 1 aliphatic carbocycles. The minimum atomic E-state index is -0.240. The van der Waals surface area contributed by atoms with Gasteiger partial charge in [-0.3, -0.25) is 9.59 Å². The fourth-order valence-corrected chi connectivity index (χ4v) is 6.15. The number of anilines is 2. The predicted molar refractivity (Wildman–Crippen MR) is 159 cm³/mol. The summed E-state index contributed by atoms with van der Waals surface area (Å²) in [6, 6.07) is 21.5. The smallest absolute Gasteiger partial charge is 0.265 e. The molecule has 41 heavy (non-hydrogen) atoms. The van der Waals surface area contributed by atoms with Crippen molar-refractivity contribution in [1.29, 1.82) is 0 Å². The molecule has 3 aliphatic rings. The third-order valence-electron chi connectivity index (χ3n) is 8.37. The summed E-state index contributed by atoms with van der Waals surface area (Å²) in [6.45, 7) is 2.55. The monoisotopic (exact) mass is 555 g/mol. The number of fused-ring (bicyclic) bond motifs is 1. The van der Waals surface area contributed by atoms with Gasteiger partial charge in [0.25, 0.3) is 5.91 Å². The molecule has 2 fully saturated rings. The van der Waals surface area contributed by atoms with Crippen molar-refractivity contribution >= 4 is 23.2 Å². The first-order valence-corrected chi connectivity index (χ1v) is 14.5. The van der Waals surface area contributed by atoms with Gasteiger partial charge in [-0.05, 0) is 73.5 Å². The average molecular weight is 556 g/mol. The van der Waals surface area contributed by atoms with Crippen LogP contribution in [0.1, 0.15) is 37.2 Å². The number of para-hydroxylation sites is 1. The lowest BCUT2D eigenvalue weighted by Gasteiger charge is -2.36. The number of amides is 2. The average Bonchev–Trinajstić information content (AvgIpc) is 3.84. The zero-order valence-electron chi connectivity index (χ0n) is 23.4. The standard InChI is InChI=1S/C33H37N3O5/c1-40-17-5-16-35-29-19-25(12-13-31(29)41-21-32(35)38)36(24-10-11-24)33(39)28-20-34-15-14-26(28)22-6-4-7-23(18-22)27-8-2-3-9-30(27)37/h2-4,6-9,12-13,18-19,24,26,28,34,37H,5,10-11,14-17,20-21H2,1H3/t26-,28+/m1/s1.